The summed E-state index contributed by atoms with van der Waals surface area (Å²) in [7, 11) is -3.84. The number of nitrogens with zero attached hydrogens (tertiary/aromatic N) is 2. The van der Waals surface area contributed by atoms with Crippen molar-refractivity contribution in [3.63, 3.8) is 0 Å². The van der Waals surface area contributed by atoms with E-state index < -0.39 is 10.0 Å². The minimum atomic E-state index is -3.84. The van der Waals surface area contributed by atoms with Crippen LogP contribution < -0.4 is 10.5 Å². The van der Waals surface area contributed by atoms with Gasteiger partial charge in [-0.25, -0.2) is 18.5 Å². The number of rotatable bonds is 6. The van der Waals surface area contributed by atoms with Gasteiger partial charge in [-0.05, 0) is 43.7 Å². The molecule has 1 aromatic heterocycles. The third-order valence-corrected chi connectivity index (χ3v) is 6.08. The predicted molar refractivity (Wildman–Crippen MR) is 107 cm³/mol. The van der Waals surface area contributed by atoms with Gasteiger partial charge in [0.05, 0.1) is 21.7 Å². The molecule has 0 unspecified atom stereocenters. The molecule has 3 aromatic rings. The van der Waals surface area contributed by atoms with E-state index in [9.17, 15) is 13.2 Å². The standard InChI is InChI=1S/C18H20N4O3S2/c1-3-22-15-7-5-4-6-14(15)21-18(22)26-11-17(23)20-13-9-8-12(2)16(10-13)27(19,24)25/h4-10H,3,11H2,1-2H3,(H,20,23)(H2,19,24,25). The van der Waals surface area contributed by atoms with E-state index in [2.05, 4.69) is 14.9 Å². The maximum Gasteiger partial charge on any atom is 0.238 e. The topological polar surface area (TPSA) is 107 Å². The van der Waals surface area contributed by atoms with E-state index in [-0.39, 0.29) is 16.6 Å². The van der Waals surface area contributed by atoms with Crippen molar-refractivity contribution < 1.29 is 13.2 Å². The highest BCUT2D eigenvalue weighted by atomic mass is 32.2. The molecule has 7 nitrogen and oxygen atoms in total. The number of aromatic nitrogens is 2. The summed E-state index contributed by atoms with van der Waals surface area (Å²) >= 11 is 1.33. The van der Waals surface area contributed by atoms with Gasteiger partial charge in [0.1, 0.15) is 0 Å². The minimum Gasteiger partial charge on any atom is -0.325 e. The number of hydrogen-bond acceptors (Lipinski definition) is 5. The van der Waals surface area contributed by atoms with Gasteiger partial charge >= 0.3 is 0 Å². The molecule has 2 aromatic carbocycles. The average molecular weight is 405 g/mol. The molecule has 0 spiro atoms. The summed E-state index contributed by atoms with van der Waals surface area (Å²) in [6.45, 7) is 4.43. The summed E-state index contributed by atoms with van der Waals surface area (Å²) in [5.74, 6) is -0.0963. The molecule has 142 valence electrons. The van der Waals surface area contributed by atoms with Crippen LogP contribution in [-0.2, 0) is 21.4 Å². The first-order chi connectivity index (χ1) is 12.8. The van der Waals surface area contributed by atoms with Crippen LogP contribution in [0.2, 0.25) is 0 Å². The molecule has 3 N–H and O–H groups in total. The third-order valence-electron chi connectivity index (χ3n) is 4.05. The molecule has 0 atom stereocenters. The molecule has 3 rings (SSSR count). The quantitative estimate of drug-likeness (QED) is 0.614. The molecule has 0 radical (unpaired) electrons. The van der Waals surface area contributed by atoms with Crippen molar-refractivity contribution in [3.8, 4) is 0 Å². The lowest BCUT2D eigenvalue weighted by atomic mass is 10.2. The molecule has 1 heterocycles. The molecule has 9 heteroatoms. The fourth-order valence-corrected chi connectivity index (χ4v) is 4.47. The lowest BCUT2D eigenvalue weighted by molar-refractivity contribution is -0.113. The first-order valence-electron chi connectivity index (χ1n) is 8.31. The van der Waals surface area contributed by atoms with Crippen molar-refractivity contribution in [2.24, 2.45) is 5.14 Å². The van der Waals surface area contributed by atoms with Crippen LogP contribution in [0, 0.1) is 6.92 Å². The molecule has 0 saturated carbocycles. The normalized spacial score (nSPS) is 11.7. The van der Waals surface area contributed by atoms with E-state index in [0.29, 0.717) is 11.3 Å². The summed E-state index contributed by atoms with van der Waals surface area (Å²) in [5.41, 5.74) is 2.83. The van der Waals surface area contributed by atoms with Gasteiger partial charge in [0.2, 0.25) is 15.9 Å². The van der Waals surface area contributed by atoms with Gasteiger partial charge in [-0.15, -0.1) is 0 Å². The fourth-order valence-electron chi connectivity index (χ4n) is 2.78. The molecular weight excluding hydrogens is 384 g/mol. The van der Waals surface area contributed by atoms with E-state index in [1.54, 1.807) is 19.1 Å². The highest BCUT2D eigenvalue weighted by Crippen LogP contribution is 2.24. The second-order valence-electron chi connectivity index (χ2n) is 5.99. The number of anilines is 1. The van der Waals surface area contributed by atoms with Crippen molar-refractivity contribution in [2.45, 2.75) is 30.4 Å². The zero-order chi connectivity index (χ0) is 19.6. The zero-order valence-electron chi connectivity index (χ0n) is 15.0. The largest absolute Gasteiger partial charge is 0.325 e. The van der Waals surface area contributed by atoms with Crippen LogP contribution in [0.3, 0.4) is 0 Å². The van der Waals surface area contributed by atoms with Crippen molar-refractivity contribution in [1.29, 1.82) is 0 Å². The summed E-state index contributed by atoms with van der Waals surface area (Å²) < 4.78 is 25.3. The number of hydrogen-bond donors (Lipinski definition) is 2. The molecular formula is C18H20N4O3S2. The van der Waals surface area contributed by atoms with E-state index in [0.717, 1.165) is 22.7 Å². The van der Waals surface area contributed by atoms with Gasteiger partial charge < -0.3 is 9.88 Å². The van der Waals surface area contributed by atoms with E-state index >= 15 is 0 Å². The van der Waals surface area contributed by atoms with Crippen LogP contribution >= 0.6 is 11.8 Å². The lowest BCUT2D eigenvalue weighted by Gasteiger charge is -2.09. The second-order valence-corrected chi connectivity index (χ2v) is 8.46. The van der Waals surface area contributed by atoms with Crippen LogP contribution in [0.15, 0.2) is 52.5 Å². The molecule has 0 fully saturated rings. The van der Waals surface area contributed by atoms with E-state index in [1.165, 1.54) is 17.8 Å². The number of primary sulfonamides is 1. The van der Waals surface area contributed by atoms with Crippen LogP contribution in [-0.4, -0.2) is 29.6 Å². The summed E-state index contributed by atoms with van der Waals surface area (Å²) in [5, 5.41) is 8.68. The van der Waals surface area contributed by atoms with Crippen LogP contribution in [0.4, 0.5) is 5.69 Å². The number of para-hydroxylation sites is 2. The lowest BCUT2D eigenvalue weighted by Crippen LogP contribution is -2.17. The number of amides is 1. The molecule has 1 amide bonds. The number of aryl methyl sites for hydroxylation is 2. The maximum absolute atomic E-state index is 12.3. The van der Waals surface area contributed by atoms with Gasteiger partial charge in [0.15, 0.2) is 5.16 Å². The zero-order valence-corrected chi connectivity index (χ0v) is 16.6. The second kappa shape index (κ2) is 7.71. The molecule has 0 aliphatic heterocycles. The Bertz CT molecular complexity index is 1110. The predicted octanol–water partition coefficient (Wildman–Crippen LogP) is 2.74. The molecule has 0 bridgehead atoms. The summed E-state index contributed by atoms with van der Waals surface area (Å²) in [6.07, 6.45) is 0. The van der Waals surface area contributed by atoms with Gasteiger partial charge in [0, 0.05) is 12.2 Å². The molecule has 0 aliphatic carbocycles. The number of nitrogens with two attached hydrogens (primary N) is 1. The Kier molecular flexibility index (Phi) is 5.54. The SMILES string of the molecule is CCn1c(SCC(=O)Nc2ccc(C)c(S(N)(=O)=O)c2)nc2ccccc21. The van der Waals surface area contributed by atoms with Crippen LogP contribution in [0.25, 0.3) is 11.0 Å². The Morgan fingerprint density at radius 2 is 2.00 bits per heavy atom. The minimum absolute atomic E-state index is 0.000675. The van der Waals surface area contributed by atoms with Crippen molar-refractivity contribution in [1.82, 2.24) is 9.55 Å². The van der Waals surface area contributed by atoms with Crippen molar-refractivity contribution >= 4 is 44.4 Å². The highest BCUT2D eigenvalue weighted by molar-refractivity contribution is 7.99. The summed E-state index contributed by atoms with van der Waals surface area (Å²) in [4.78, 5) is 16.9. The third kappa shape index (κ3) is 4.32. The average Bonchev–Trinajstić information content (AvgIpc) is 2.98. The van der Waals surface area contributed by atoms with Gasteiger partial charge in [0.25, 0.3) is 0 Å². The Balaban J connectivity index is 1.72. The number of benzene rings is 2. The van der Waals surface area contributed by atoms with Gasteiger partial charge in [-0.2, -0.15) is 0 Å². The molecule has 27 heavy (non-hydrogen) atoms. The number of fused-ring (bicyclic) bond motifs is 1. The number of nitrogens with one attached hydrogen (secondary N) is 1. The van der Waals surface area contributed by atoms with Gasteiger partial charge in [-0.1, -0.05) is 30.0 Å². The van der Waals surface area contributed by atoms with Crippen molar-refractivity contribution in [2.75, 3.05) is 11.1 Å². The summed E-state index contributed by atoms with van der Waals surface area (Å²) in [6, 6.07) is 12.4. The van der Waals surface area contributed by atoms with Crippen LogP contribution in [0.1, 0.15) is 12.5 Å². The number of imidazole rings is 1. The van der Waals surface area contributed by atoms with E-state index in [1.807, 2.05) is 31.2 Å². The maximum atomic E-state index is 12.3. The Morgan fingerprint density at radius 3 is 2.70 bits per heavy atom. The first kappa shape index (κ1) is 19.4. The number of sulfonamides is 1. The first-order valence-corrected chi connectivity index (χ1v) is 10.8. The number of thioether (sulfide) groups is 1. The number of carbonyl (C=O) groups excluding carboxylic acids is 1. The smallest absolute Gasteiger partial charge is 0.238 e. The Labute approximate surface area is 162 Å². The van der Waals surface area contributed by atoms with Crippen LogP contribution in [0.5, 0.6) is 0 Å². The Morgan fingerprint density at radius 1 is 1.26 bits per heavy atom. The van der Waals surface area contributed by atoms with Crippen molar-refractivity contribution in [3.05, 3.63) is 48.0 Å². The Hall–Kier alpha value is -2.36. The fraction of sp³-hybridized carbons (Fsp3) is 0.222. The number of carbonyl (C=O) groups is 1. The molecule has 0 saturated heterocycles. The molecule has 0 aliphatic rings. The van der Waals surface area contributed by atoms with E-state index in [4.69, 9.17) is 5.14 Å². The highest BCUT2D eigenvalue weighted by Gasteiger charge is 2.15. The monoisotopic (exact) mass is 404 g/mol. The van der Waals surface area contributed by atoms with Gasteiger partial charge in [-0.3, -0.25) is 4.79 Å².